The van der Waals surface area contributed by atoms with Gasteiger partial charge in [-0.15, -0.1) is 0 Å². The average Bonchev–Trinajstić information content (AvgIpc) is 2.90. The highest BCUT2D eigenvalue weighted by molar-refractivity contribution is 5.88. The van der Waals surface area contributed by atoms with Crippen LogP contribution in [0.2, 0.25) is 0 Å². The van der Waals surface area contributed by atoms with E-state index in [9.17, 15) is 0 Å². The molecule has 0 aliphatic rings. The van der Waals surface area contributed by atoms with E-state index < -0.39 is 0 Å². The van der Waals surface area contributed by atoms with Crippen molar-refractivity contribution in [3.8, 4) is 23.1 Å². The van der Waals surface area contributed by atoms with Crippen molar-refractivity contribution in [1.82, 2.24) is 0 Å². The maximum atomic E-state index is 9.14. The van der Waals surface area contributed by atoms with E-state index >= 15 is 0 Å². The summed E-state index contributed by atoms with van der Waals surface area (Å²) in [6, 6.07) is 17.2. The van der Waals surface area contributed by atoms with E-state index in [-0.39, 0.29) is 0 Å². The van der Waals surface area contributed by atoms with Gasteiger partial charge in [-0.05, 0) is 24.3 Å². The van der Waals surface area contributed by atoms with Crippen LogP contribution in [0.15, 0.2) is 52.9 Å². The summed E-state index contributed by atoms with van der Waals surface area (Å²) in [7, 11) is 1.61. The summed E-state index contributed by atoms with van der Waals surface area (Å²) in [5, 5.41) is 10.1. The van der Waals surface area contributed by atoms with Gasteiger partial charge in [0, 0.05) is 10.9 Å². The zero-order chi connectivity index (χ0) is 13.2. The number of methoxy groups -OCH3 is 1. The molecular weight excluding hydrogens is 238 g/mol. The Hall–Kier alpha value is -2.73. The second-order valence-electron chi connectivity index (χ2n) is 4.15. The third kappa shape index (κ3) is 1.84. The number of nitriles is 1. The number of nitrogens with zero attached hydrogens (tertiary/aromatic N) is 1. The van der Waals surface area contributed by atoms with Crippen LogP contribution in [-0.4, -0.2) is 7.11 Å². The Morgan fingerprint density at radius 2 is 1.95 bits per heavy atom. The Morgan fingerprint density at radius 1 is 1.11 bits per heavy atom. The van der Waals surface area contributed by atoms with Gasteiger partial charge in [-0.2, -0.15) is 5.26 Å². The second kappa shape index (κ2) is 4.51. The molecule has 19 heavy (non-hydrogen) atoms. The third-order valence-electron chi connectivity index (χ3n) is 3.04. The van der Waals surface area contributed by atoms with Crippen LogP contribution in [0.5, 0.6) is 5.75 Å². The predicted molar refractivity (Wildman–Crippen MR) is 72.9 cm³/mol. The molecule has 0 saturated heterocycles. The first kappa shape index (κ1) is 11.4. The number of para-hydroxylation sites is 1. The van der Waals surface area contributed by atoms with E-state index in [4.69, 9.17) is 14.4 Å². The van der Waals surface area contributed by atoms with Gasteiger partial charge in [0.15, 0.2) is 11.3 Å². The summed E-state index contributed by atoms with van der Waals surface area (Å²) in [6.07, 6.45) is 0. The van der Waals surface area contributed by atoms with Gasteiger partial charge in [0.2, 0.25) is 0 Å². The molecule has 0 bridgehead atoms. The molecule has 3 heteroatoms. The minimum absolute atomic E-state index is 0.598. The Labute approximate surface area is 110 Å². The fourth-order valence-electron chi connectivity index (χ4n) is 2.13. The summed E-state index contributed by atoms with van der Waals surface area (Å²) in [5.74, 6) is 1.37. The molecule has 0 atom stereocenters. The van der Waals surface area contributed by atoms with E-state index in [1.54, 1.807) is 13.2 Å². The van der Waals surface area contributed by atoms with Crippen molar-refractivity contribution < 1.29 is 9.15 Å². The molecule has 3 rings (SSSR count). The van der Waals surface area contributed by atoms with Gasteiger partial charge in [-0.25, -0.2) is 0 Å². The van der Waals surface area contributed by atoms with Gasteiger partial charge in [0.25, 0.3) is 0 Å². The quantitative estimate of drug-likeness (QED) is 0.690. The van der Waals surface area contributed by atoms with Crippen molar-refractivity contribution in [3.63, 3.8) is 0 Å². The molecule has 92 valence electrons. The molecule has 0 amide bonds. The lowest BCUT2D eigenvalue weighted by molar-refractivity contribution is 0.411. The fraction of sp³-hybridized carbons (Fsp3) is 0.0625. The second-order valence-corrected chi connectivity index (χ2v) is 4.15. The topological polar surface area (TPSA) is 46.2 Å². The first-order chi connectivity index (χ1) is 9.33. The lowest BCUT2D eigenvalue weighted by Crippen LogP contribution is -1.81. The number of hydrogen-bond donors (Lipinski definition) is 0. The Balaban J connectivity index is 2.24. The predicted octanol–water partition coefficient (Wildman–Crippen LogP) is 3.98. The number of ether oxygens (including phenoxy) is 1. The molecule has 0 saturated carbocycles. The zero-order valence-corrected chi connectivity index (χ0v) is 10.4. The van der Waals surface area contributed by atoms with Crippen molar-refractivity contribution in [2.45, 2.75) is 0 Å². The van der Waals surface area contributed by atoms with Crippen molar-refractivity contribution in [1.29, 1.82) is 5.26 Å². The zero-order valence-electron chi connectivity index (χ0n) is 10.4. The van der Waals surface area contributed by atoms with Crippen LogP contribution in [0.1, 0.15) is 5.56 Å². The van der Waals surface area contributed by atoms with Crippen molar-refractivity contribution in [3.05, 3.63) is 54.1 Å². The summed E-state index contributed by atoms with van der Waals surface area (Å²) >= 11 is 0. The highest BCUT2D eigenvalue weighted by Gasteiger charge is 2.12. The van der Waals surface area contributed by atoms with E-state index in [2.05, 4.69) is 6.07 Å². The summed E-state index contributed by atoms with van der Waals surface area (Å²) in [6.45, 7) is 0. The molecule has 1 heterocycles. The number of hydrogen-bond acceptors (Lipinski definition) is 3. The molecule has 0 spiro atoms. The molecule has 0 unspecified atom stereocenters. The first-order valence-corrected chi connectivity index (χ1v) is 5.89. The molecule has 3 nitrogen and oxygen atoms in total. The number of fused-ring (bicyclic) bond motifs is 1. The normalized spacial score (nSPS) is 10.3. The van der Waals surface area contributed by atoms with Crippen LogP contribution >= 0.6 is 0 Å². The summed E-state index contributed by atoms with van der Waals surface area (Å²) in [4.78, 5) is 0. The van der Waals surface area contributed by atoms with E-state index in [0.29, 0.717) is 22.7 Å². The molecular formula is C16H11NO2. The monoisotopic (exact) mass is 249 g/mol. The minimum Gasteiger partial charge on any atom is -0.493 e. The van der Waals surface area contributed by atoms with Crippen LogP contribution in [0, 0.1) is 11.3 Å². The van der Waals surface area contributed by atoms with E-state index in [1.807, 2.05) is 42.5 Å². The lowest BCUT2D eigenvalue weighted by atomic mass is 10.1. The van der Waals surface area contributed by atoms with Gasteiger partial charge in [-0.1, -0.05) is 24.3 Å². The smallest absolute Gasteiger partial charge is 0.176 e. The molecule has 0 N–H and O–H groups in total. The Kier molecular flexibility index (Phi) is 2.70. The maximum absolute atomic E-state index is 9.14. The van der Waals surface area contributed by atoms with Crippen LogP contribution in [0.4, 0.5) is 0 Å². The van der Waals surface area contributed by atoms with Gasteiger partial charge in [-0.3, -0.25) is 0 Å². The van der Waals surface area contributed by atoms with E-state index in [0.717, 1.165) is 10.9 Å². The number of benzene rings is 2. The first-order valence-electron chi connectivity index (χ1n) is 5.89. The summed E-state index contributed by atoms with van der Waals surface area (Å²) < 4.78 is 11.1. The lowest BCUT2D eigenvalue weighted by Gasteiger charge is -2.00. The van der Waals surface area contributed by atoms with Crippen LogP contribution < -0.4 is 4.74 Å². The minimum atomic E-state index is 0.598. The molecule has 0 aliphatic heterocycles. The standard InChI is InChI=1S/C16H11NO2/c1-18-14-8-4-6-11-9-15(19-16(11)14)13-7-3-2-5-12(13)10-17/h2-9H,1H3. The molecule has 2 aromatic carbocycles. The average molecular weight is 249 g/mol. The molecule has 0 aliphatic carbocycles. The maximum Gasteiger partial charge on any atom is 0.176 e. The molecule has 1 aromatic heterocycles. The van der Waals surface area contributed by atoms with E-state index in [1.165, 1.54) is 0 Å². The van der Waals surface area contributed by atoms with Gasteiger partial charge >= 0.3 is 0 Å². The Morgan fingerprint density at radius 3 is 2.74 bits per heavy atom. The fourth-order valence-corrected chi connectivity index (χ4v) is 2.13. The third-order valence-corrected chi connectivity index (χ3v) is 3.04. The highest BCUT2D eigenvalue weighted by atomic mass is 16.5. The molecule has 0 fully saturated rings. The van der Waals surface area contributed by atoms with Crippen LogP contribution in [0.25, 0.3) is 22.3 Å². The van der Waals surface area contributed by atoms with Crippen molar-refractivity contribution >= 4 is 11.0 Å². The van der Waals surface area contributed by atoms with Gasteiger partial charge < -0.3 is 9.15 Å². The Bertz CT molecular complexity index is 781. The molecule has 3 aromatic rings. The number of rotatable bonds is 2. The molecule has 0 radical (unpaired) electrons. The largest absolute Gasteiger partial charge is 0.493 e. The van der Waals surface area contributed by atoms with Crippen LogP contribution in [-0.2, 0) is 0 Å². The van der Waals surface area contributed by atoms with Crippen LogP contribution in [0.3, 0.4) is 0 Å². The van der Waals surface area contributed by atoms with Crippen molar-refractivity contribution in [2.75, 3.05) is 7.11 Å². The SMILES string of the molecule is COc1cccc2cc(-c3ccccc3C#N)oc12. The van der Waals surface area contributed by atoms with Crippen molar-refractivity contribution in [2.24, 2.45) is 0 Å². The summed E-state index contributed by atoms with van der Waals surface area (Å²) in [5.41, 5.74) is 2.09. The highest BCUT2D eigenvalue weighted by Crippen LogP contribution is 2.34. The van der Waals surface area contributed by atoms with Gasteiger partial charge in [0.05, 0.1) is 18.7 Å². The van der Waals surface area contributed by atoms with Gasteiger partial charge in [0.1, 0.15) is 5.76 Å². The number of furan rings is 1.